The molecule has 6 nitrogen and oxygen atoms in total. The molecule has 0 spiro atoms. The highest BCUT2D eigenvalue weighted by molar-refractivity contribution is 5.89. The van der Waals surface area contributed by atoms with Gasteiger partial charge in [-0.25, -0.2) is 9.79 Å². The molecule has 1 saturated heterocycles. The van der Waals surface area contributed by atoms with Crippen molar-refractivity contribution in [2.24, 2.45) is 10.7 Å². The number of nitrogens with two attached hydrogens (primary N) is 1. The number of guanidine groups is 1. The van der Waals surface area contributed by atoms with Crippen molar-refractivity contribution >= 4 is 11.9 Å². The van der Waals surface area contributed by atoms with Gasteiger partial charge in [0.25, 0.3) is 0 Å². The molecule has 2 rings (SSSR count). The molecule has 0 aliphatic carbocycles. The molecule has 1 fully saturated rings. The summed E-state index contributed by atoms with van der Waals surface area (Å²) in [5, 5.41) is 0. The van der Waals surface area contributed by atoms with Crippen LogP contribution >= 0.6 is 0 Å². The third kappa shape index (κ3) is 3.71. The van der Waals surface area contributed by atoms with Crippen LogP contribution in [0.15, 0.2) is 29.3 Å². The van der Waals surface area contributed by atoms with Gasteiger partial charge in [-0.3, -0.25) is 0 Å². The Morgan fingerprint density at radius 3 is 2.90 bits per heavy atom. The lowest BCUT2D eigenvalue weighted by molar-refractivity contribution is 0.0600. The molecule has 1 heterocycles. The number of carbonyl (C=O) groups is 1. The second-order valence-electron chi connectivity index (χ2n) is 4.47. The van der Waals surface area contributed by atoms with Gasteiger partial charge in [0.05, 0.1) is 32.4 Å². The first kappa shape index (κ1) is 14.3. The van der Waals surface area contributed by atoms with E-state index in [0.29, 0.717) is 31.3 Å². The van der Waals surface area contributed by atoms with Gasteiger partial charge < -0.3 is 20.1 Å². The number of methoxy groups -OCH3 is 1. The zero-order chi connectivity index (χ0) is 14.4. The predicted octanol–water partition coefficient (Wildman–Crippen LogP) is 0.620. The van der Waals surface area contributed by atoms with Crippen LogP contribution in [-0.4, -0.2) is 50.2 Å². The van der Waals surface area contributed by atoms with Gasteiger partial charge in [0.2, 0.25) is 0 Å². The van der Waals surface area contributed by atoms with Crippen molar-refractivity contribution in [3.05, 3.63) is 35.4 Å². The summed E-state index contributed by atoms with van der Waals surface area (Å²) in [5.74, 6) is 0.161. The van der Waals surface area contributed by atoms with Gasteiger partial charge in [0.15, 0.2) is 5.96 Å². The second kappa shape index (κ2) is 6.91. The molecule has 20 heavy (non-hydrogen) atoms. The van der Waals surface area contributed by atoms with Crippen LogP contribution in [0.3, 0.4) is 0 Å². The summed E-state index contributed by atoms with van der Waals surface area (Å²) in [5.41, 5.74) is 7.39. The molecule has 0 unspecified atom stereocenters. The van der Waals surface area contributed by atoms with Crippen molar-refractivity contribution in [3.8, 4) is 0 Å². The van der Waals surface area contributed by atoms with Gasteiger partial charge in [-0.15, -0.1) is 0 Å². The zero-order valence-electron chi connectivity index (χ0n) is 11.5. The van der Waals surface area contributed by atoms with E-state index in [1.54, 1.807) is 12.1 Å². The minimum absolute atomic E-state index is 0.350. The topological polar surface area (TPSA) is 77.1 Å². The first-order valence-corrected chi connectivity index (χ1v) is 6.50. The summed E-state index contributed by atoms with van der Waals surface area (Å²) in [6, 6.07) is 7.19. The summed E-state index contributed by atoms with van der Waals surface area (Å²) in [6.07, 6.45) is 0. The first-order chi connectivity index (χ1) is 9.70. The molecule has 0 atom stereocenters. The Balaban J connectivity index is 2.00. The Kier molecular flexibility index (Phi) is 4.95. The second-order valence-corrected chi connectivity index (χ2v) is 4.47. The maximum Gasteiger partial charge on any atom is 0.337 e. The summed E-state index contributed by atoms with van der Waals surface area (Å²) >= 11 is 0. The SMILES string of the molecule is COC(=O)c1cccc(CN=C(N)N2CCOCC2)c1. The Morgan fingerprint density at radius 1 is 1.45 bits per heavy atom. The Hall–Kier alpha value is -2.08. The average Bonchev–Trinajstić information content (AvgIpc) is 2.53. The van der Waals surface area contributed by atoms with Crippen molar-refractivity contribution in [2.75, 3.05) is 33.4 Å². The number of rotatable bonds is 3. The summed E-state index contributed by atoms with van der Waals surface area (Å²) < 4.78 is 9.95. The van der Waals surface area contributed by atoms with Crippen molar-refractivity contribution in [3.63, 3.8) is 0 Å². The number of esters is 1. The fourth-order valence-corrected chi connectivity index (χ4v) is 1.98. The third-order valence-corrected chi connectivity index (χ3v) is 3.11. The molecule has 0 bridgehead atoms. The Labute approximate surface area is 118 Å². The lowest BCUT2D eigenvalue weighted by atomic mass is 10.1. The largest absolute Gasteiger partial charge is 0.465 e. The van der Waals surface area contributed by atoms with Gasteiger partial charge in [-0.2, -0.15) is 0 Å². The summed E-state index contributed by atoms with van der Waals surface area (Å²) in [4.78, 5) is 17.8. The van der Waals surface area contributed by atoms with E-state index in [0.717, 1.165) is 18.7 Å². The van der Waals surface area contributed by atoms with Crippen LogP contribution < -0.4 is 5.73 Å². The van der Waals surface area contributed by atoms with E-state index >= 15 is 0 Å². The predicted molar refractivity (Wildman–Crippen MR) is 75.5 cm³/mol. The van der Waals surface area contributed by atoms with E-state index in [2.05, 4.69) is 4.99 Å². The van der Waals surface area contributed by atoms with Gasteiger partial charge in [-0.1, -0.05) is 12.1 Å². The monoisotopic (exact) mass is 277 g/mol. The number of aliphatic imine (C=N–C) groups is 1. The molecule has 108 valence electrons. The minimum atomic E-state index is -0.350. The van der Waals surface area contributed by atoms with Crippen LogP contribution in [0.25, 0.3) is 0 Å². The molecular formula is C14H19N3O3. The maximum atomic E-state index is 11.4. The van der Waals surface area contributed by atoms with Gasteiger partial charge in [0, 0.05) is 13.1 Å². The Morgan fingerprint density at radius 2 is 2.20 bits per heavy atom. The third-order valence-electron chi connectivity index (χ3n) is 3.11. The van der Waals surface area contributed by atoms with Crippen LogP contribution in [0.5, 0.6) is 0 Å². The molecule has 0 aromatic heterocycles. The smallest absolute Gasteiger partial charge is 0.337 e. The van der Waals surface area contributed by atoms with E-state index in [9.17, 15) is 4.79 Å². The van der Waals surface area contributed by atoms with Crippen molar-refractivity contribution in [1.82, 2.24) is 4.90 Å². The molecule has 0 radical (unpaired) electrons. The molecule has 1 aliphatic rings. The normalized spacial score (nSPS) is 16.1. The van der Waals surface area contributed by atoms with Gasteiger partial charge >= 0.3 is 5.97 Å². The molecule has 0 amide bonds. The lowest BCUT2D eigenvalue weighted by Crippen LogP contribution is -2.44. The lowest BCUT2D eigenvalue weighted by Gasteiger charge is -2.27. The van der Waals surface area contributed by atoms with Crippen molar-refractivity contribution in [1.29, 1.82) is 0 Å². The number of benzene rings is 1. The molecule has 1 aromatic rings. The summed E-state index contributed by atoms with van der Waals surface area (Å²) in [6.45, 7) is 3.31. The number of hydrogen-bond acceptors (Lipinski definition) is 4. The number of morpholine rings is 1. The molecule has 2 N–H and O–H groups in total. The van der Waals surface area contributed by atoms with Crippen LogP contribution in [0.1, 0.15) is 15.9 Å². The highest BCUT2D eigenvalue weighted by Crippen LogP contribution is 2.08. The number of hydrogen-bond donors (Lipinski definition) is 1. The van der Waals surface area contributed by atoms with Crippen molar-refractivity contribution in [2.45, 2.75) is 6.54 Å². The van der Waals surface area contributed by atoms with Gasteiger partial charge in [-0.05, 0) is 17.7 Å². The van der Waals surface area contributed by atoms with E-state index in [1.807, 2.05) is 17.0 Å². The molecule has 1 aliphatic heterocycles. The quantitative estimate of drug-likeness (QED) is 0.498. The van der Waals surface area contributed by atoms with E-state index < -0.39 is 0 Å². The number of carbonyl (C=O) groups excluding carboxylic acids is 1. The van der Waals surface area contributed by atoms with E-state index in [1.165, 1.54) is 7.11 Å². The maximum absolute atomic E-state index is 11.4. The number of nitrogens with zero attached hydrogens (tertiary/aromatic N) is 2. The molecular weight excluding hydrogens is 258 g/mol. The standard InChI is InChI=1S/C14H19N3O3/c1-19-13(18)12-4-2-3-11(9-12)10-16-14(15)17-5-7-20-8-6-17/h2-4,9H,5-8,10H2,1H3,(H2,15,16). The minimum Gasteiger partial charge on any atom is -0.465 e. The highest BCUT2D eigenvalue weighted by atomic mass is 16.5. The van der Waals surface area contributed by atoms with Crippen molar-refractivity contribution < 1.29 is 14.3 Å². The molecule has 1 aromatic carbocycles. The average molecular weight is 277 g/mol. The first-order valence-electron chi connectivity index (χ1n) is 6.50. The Bertz CT molecular complexity index is 496. The fourth-order valence-electron chi connectivity index (χ4n) is 1.98. The van der Waals surface area contributed by atoms with Crippen LogP contribution in [0.4, 0.5) is 0 Å². The van der Waals surface area contributed by atoms with E-state index in [4.69, 9.17) is 15.2 Å². The van der Waals surface area contributed by atoms with Gasteiger partial charge in [0.1, 0.15) is 0 Å². The number of ether oxygens (including phenoxy) is 2. The zero-order valence-corrected chi connectivity index (χ0v) is 11.5. The van der Waals surface area contributed by atoms with E-state index in [-0.39, 0.29) is 5.97 Å². The summed E-state index contributed by atoms with van der Waals surface area (Å²) in [7, 11) is 1.36. The van der Waals surface area contributed by atoms with Crippen LogP contribution in [0.2, 0.25) is 0 Å². The van der Waals surface area contributed by atoms with Crippen LogP contribution in [-0.2, 0) is 16.0 Å². The molecule has 0 saturated carbocycles. The highest BCUT2D eigenvalue weighted by Gasteiger charge is 2.12. The van der Waals surface area contributed by atoms with Crippen LogP contribution in [0, 0.1) is 0 Å². The molecule has 6 heteroatoms. The fraction of sp³-hybridized carbons (Fsp3) is 0.429.